The number of halogens is 1. The standard InChI is InChI=1S/C19H24N4O3S.ClH/c20-16(13-4-2-1-3-5-13)10-19(24)21-18-11-17(14-6-7-14)22-23(18)15-8-9-27(25,26)12-15;/h1-5,11,14-16H,6-10,12,20H2,(H,21,24);1H. The molecule has 7 nitrogen and oxygen atoms in total. The van der Waals surface area contributed by atoms with Crippen LogP contribution in [0.4, 0.5) is 5.82 Å². The molecular formula is C19H25ClN4O3S. The highest BCUT2D eigenvalue weighted by Crippen LogP contribution is 2.41. The van der Waals surface area contributed by atoms with Gasteiger partial charge in [0.2, 0.25) is 5.91 Å². The fraction of sp³-hybridized carbons (Fsp3) is 0.474. The van der Waals surface area contributed by atoms with Crippen molar-refractivity contribution in [1.82, 2.24) is 9.78 Å². The molecule has 0 spiro atoms. The first kappa shape index (κ1) is 20.8. The summed E-state index contributed by atoms with van der Waals surface area (Å²) in [6.45, 7) is 0. The van der Waals surface area contributed by atoms with Crippen molar-refractivity contribution < 1.29 is 13.2 Å². The zero-order chi connectivity index (χ0) is 19.0. The maximum absolute atomic E-state index is 12.5. The average Bonchev–Trinajstić information content (AvgIpc) is 3.31. The van der Waals surface area contributed by atoms with E-state index in [9.17, 15) is 13.2 Å². The number of anilines is 1. The van der Waals surface area contributed by atoms with Gasteiger partial charge in [0.05, 0.1) is 23.2 Å². The number of hydrogen-bond donors (Lipinski definition) is 2. The maximum atomic E-state index is 12.5. The lowest BCUT2D eigenvalue weighted by atomic mass is 10.0. The quantitative estimate of drug-likeness (QED) is 0.741. The first-order valence-electron chi connectivity index (χ1n) is 9.31. The van der Waals surface area contributed by atoms with Gasteiger partial charge in [-0.25, -0.2) is 13.1 Å². The van der Waals surface area contributed by atoms with Crippen molar-refractivity contribution in [2.75, 3.05) is 16.8 Å². The Balaban J connectivity index is 0.00000225. The lowest BCUT2D eigenvalue weighted by Crippen LogP contribution is -2.23. The molecule has 1 aliphatic heterocycles. The molecule has 9 heteroatoms. The first-order chi connectivity index (χ1) is 12.9. The second-order valence-electron chi connectivity index (χ2n) is 7.50. The van der Waals surface area contributed by atoms with Crippen molar-refractivity contribution in [3.05, 3.63) is 47.7 Å². The van der Waals surface area contributed by atoms with Crippen LogP contribution in [0, 0.1) is 0 Å². The highest BCUT2D eigenvalue weighted by Gasteiger charge is 2.34. The molecule has 28 heavy (non-hydrogen) atoms. The van der Waals surface area contributed by atoms with Gasteiger partial charge in [0.1, 0.15) is 5.82 Å². The van der Waals surface area contributed by atoms with E-state index in [2.05, 4.69) is 10.4 Å². The van der Waals surface area contributed by atoms with Gasteiger partial charge < -0.3 is 11.1 Å². The van der Waals surface area contributed by atoms with E-state index in [1.807, 2.05) is 36.4 Å². The molecular weight excluding hydrogens is 400 g/mol. The van der Waals surface area contributed by atoms with Gasteiger partial charge in [-0.1, -0.05) is 30.3 Å². The Kier molecular flexibility index (Phi) is 6.12. The minimum absolute atomic E-state index is 0. The van der Waals surface area contributed by atoms with Crippen LogP contribution in [-0.4, -0.2) is 35.6 Å². The Morgan fingerprint density at radius 1 is 1.25 bits per heavy atom. The summed E-state index contributed by atoms with van der Waals surface area (Å²) in [7, 11) is -3.03. The summed E-state index contributed by atoms with van der Waals surface area (Å²) < 4.78 is 25.4. The fourth-order valence-electron chi connectivity index (χ4n) is 3.54. The molecule has 152 valence electrons. The Labute approximate surface area is 171 Å². The molecule has 2 fully saturated rings. The summed E-state index contributed by atoms with van der Waals surface area (Å²) in [4.78, 5) is 12.5. The van der Waals surface area contributed by atoms with Gasteiger partial charge in [-0.15, -0.1) is 12.4 Å². The smallest absolute Gasteiger partial charge is 0.227 e. The number of rotatable bonds is 6. The van der Waals surface area contributed by atoms with Gasteiger partial charge in [0.15, 0.2) is 9.84 Å². The SMILES string of the molecule is Cl.NC(CC(=O)Nc1cc(C2CC2)nn1C1CCS(=O)(=O)C1)c1ccccc1. The van der Waals surface area contributed by atoms with Gasteiger partial charge in [-0.2, -0.15) is 5.10 Å². The van der Waals surface area contributed by atoms with Crippen LogP contribution in [0.5, 0.6) is 0 Å². The number of carbonyl (C=O) groups is 1. The number of nitrogens with zero attached hydrogens (tertiary/aromatic N) is 2. The topological polar surface area (TPSA) is 107 Å². The van der Waals surface area contributed by atoms with Crippen molar-refractivity contribution >= 4 is 34.0 Å². The minimum atomic E-state index is -3.03. The summed E-state index contributed by atoms with van der Waals surface area (Å²) in [5.41, 5.74) is 7.98. The first-order valence-corrected chi connectivity index (χ1v) is 11.1. The largest absolute Gasteiger partial charge is 0.324 e. The molecule has 1 aromatic heterocycles. The highest BCUT2D eigenvalue weighted by molar-refractivity contribution is 7.91. The Morgan fingerprint density at radius 2 is 1.96 bits per heavy atom. The number of nitrogens with two attached hydrogens (primary N) is 1. The second kappa shape index (κ2) is 8.23. The molecule has 4 rings (SSSR count). The van der Waals surface area contributed by atoms with Crippen LogP contribution in [0.3, 0.4) is 0 Å². The molecule has 2 aromatic rings. The summed E-state index contributed by atoms with van der Waals surface area (Å²) in [5, 5.41) is 7.52. The Morgan fingerprint density at radius 3 is 2.57 bits per heavy atom. The van der Waals surface area contributed by atoms with Crippen molar-refractivity contribution in [3.63, 3.8) is 0 Å². The Bertz CT molecular complexity index is 941. The number of carbonyl (C=O) groups excluding carboxylic acids is 1. The molecule has 2 aliphatic rings. The maximum Gasteiger partial charge on any atom is 0.227 e. The molecule has 1 saturated carbocycles. The van der Waals surface area contributed by atoms with Crippen LogP contribution in [-0.2, 0) is 14.6 Å². The number of hydrogen-bond acceptors (Lipinski definition) is 5. The van der Waals surface area contributed by atoms with E-state index >= 15 is 0 Å². The van der Waals surface area contributed by atoms with E-state index in [0.29, 0.717) is 18.2 Å². The van der Waals surface area contributed by atoms with Gasteiger partial charge >= 0.3 is 0 Å². The molecule has 1 aliphatic carbocycles. The van der Waals surface area contributed by atoms with Crippen LogP contribution < -0.4 is 11.1 Å². The molecule has 0 radical (unpaired) electrons. The number of benzene rings is 1. The fourth-order valence-corrected chi connectivity index (χ4v) is 5.24. The van der Waals surface area contributed by atoms with Crippen molar-refractivity contribution in [2.45, 2.75) is 43.7 Å². The average molecular weight is 425 g/mol. The van der Waals surface area contributed by atoms with E-state index in [1.165, 1.54) is 0 Å². The van der Waals surface area contributed by atoms with Crippen molar-refractivity contribution in [2.24, 2.45) is 5.73 Å². The molecule has 2 heterocycles. The third-order valence-electron chi connectivity index (χ3n) is 5.21. The molecule has 1 saturated heterocycles. The zero-order valence-electron chi connectivity index (χ0n) is 15.5. The van der Waals surface area contributed by atoms with Crippen LogP contribution in [0.25, 0.3) is 0 Å². The molecule has 1 aromatic carbocycles. The number of amides is 1. The van der Waals surface area contributed by atoms with Gasteiger partial charge in [0.25, 0.3) is 0 Å². The predicted molar refractivity (Wildman–Crippen MR) is 110 cm³/mol. The Hall–Kier alpha value is -1.90. The van der Waals surface area contributed by atoms with Gasteiger partial charge in [-0.3, -0.25) is 4.79 Å². The van der Waals surface area contributed by atoms with Crippen LogP contribution in [0.2, 0.25) is 0 Å². The van der Waals surface area contributed by atoms with E-state index in [0.717, 1.165) is 24.1 Å². The van der Waals surface area contributed by atoms with Crippen LogP contribution >= 0.6 is 12.4 Å². The summed E-state index contributed by atoms with van der Waals surface area (Å²) in [5.74, 6) is 1.04. The third kappa shape index (κ3) is 4.74. The highest BCUT2D eigenvalue weighted by atomic mass is 35.5. The summed E-state index contributed by atoms with van der Waals surface area (Å²) in [6.07, 6.45) is 2.86. The molecule has 1 amide bonds. The van der Waals surface area contributed by atoms with Crippen LogP contribution in [0.1, 0.15) is 54.9 Å². The normalized spacial score (nSPS) is 21.7. The van der Waals surface area contributed by atoms with E-state index in [-0.39, 0.29) is 42.3 Å². The van der Waals surface area contributed by atoms with Crippen molar-refractivity contribution in [1.29, 1.82) is 0 Å². The van der Waals surface area contributed by atoms with E-state index < -0.39 is 15.9 Å². The lowest BCUT2D eigenvalue weighted by Gasteiger charge is -2.15. The molecule has 0 bridgehead atoms. The number of nitrogens with one attached hydrogen (secondary N) is 1. The van der Waals surface area contributed by atoms with E-state index in [1.54, 1.807) is 4.68 Å². The van der Waals surface area contributed by atoms with Gasteiger partial charge in [0, 0.05) is 24.4 Å². The zero-order valence-corrected chi connectivity index (χ0v) is 17.1. The summed E-state index contributed by atoms with van der Waals surface area (Å²) >= 11 is 0. The number of sulfone groups is 1. The number of aromatic nitrogens is 2. The summed E-state index contributed by atoms with van der Waals surface area (Å²) in [6, 6.07) is 10.8. The molecule has 3 N–H and O–H groups in total. The predicted octanol–water partition coefficient (Wildman–Crippen LogP) is 2.57. The lowest BCUT2D eigenvalue weighted by molar-refractivity contribution is -0.116. The third-order valence-corrected chi connectivity index (χ3v) is 6.96. The van der Waals surface area contributed by atoms with E-state index in [4.69, 9.17) is 5.73 Å². The van der Waals surface area contributed by atoms with Gasteiger partial charge in [-0.05, 0) is 24.8 Å². The molecule has 2 unspecified atom stereocenters. The van der Waals surface area contributed by atoms with Crippen LogP contribution in [0.15, 0.2) is 36.4 Å². The molecule has 2 atom stereocenters. The monoisotopic (exact) mass is 424 g/mol. The second-order valence-corrected chi connectivity index (χ2v) is 9.73. The minimum Gasteiger partial charge on any atom is -0.324 e. The van der Waals surface area contributed by atoms with Crippen molar-refractivity contribution in [3.8, 4) is 0 Å².